The number of aromatic amines is 1. The van der Waals surface area contributed by atoms with Gasteiger partial charge in [-0.15, -0.1) is 0 Å². The first-order valence-electron chi connectivity index (χ1n) is 8.68. The lowest BCUT2D eigenvalue weighted by molar-refractivity contribution is 0.0599. The number of fused-ring (bicyclic) bond motifs is 1. The summed E-state index contributed by atoms with van der Waals surface area (Å²) in [5.74, 6) is 0.746. The third kappa shape index (κ3) is 2.67. The van der Waals surface area contributed by atoms with E-state index >= 15 is 0 Å². The second-order valence-electron chi connectivity index (χ2n) is 6.38. The van der Waals surface area contributed by atoms with Gasteiger partial charge in [0.15, 0.2) is 5.65 Å². The van der Waals surface area contributed by atoms with Gasteiger partial charge in [-0.05, 0) is 39.2 Å². The molecule has 0 radical (unpaired) electrons. The molecule has 4 rings (SSSR count). The van der Waals surface area contributed by atoms with Crippen LogP contribution in [0.1, 0.15) is 54.1 Å². The average Bonchev–Trinajstić information content (AvgIpc) is 3.30. The topological polar surface area (TPSA) is 92.6 Å². The number of piperidine rings is 1. The van der Waals surface area contributed by atoms with Gasteiger partial charge in [0.05, 0.1) is 23.5 Å². The fraction of sp³-hybridized carbons (Fsp3) is 0.471. The van der Waals surface area contributed by atoms with E-state index in [2.05, 4.69) is 25.3 Å². The fourth-order valence-corrected chi connectivity index (χ4v) is 3.53. The van der Waals surface area contributed by atoms with Crippen LogP contribution in [-0.2, 0) is 6.54 Å². The summed E-state index contributed by atoms with van der Waals surface area (Å²) in [6, 6.07) is 1.85. The van der Waals surface area contributed by atoms with E-state index < -0.39 is 0 Å². The van der Waals surface area contributed by atoms with Gasteiger partial charge < -0.3 is 4.90 Å². The Labute approximate surface area is 145 Å². The Balaban J connectivity index is 1.71. The minimum atomic E-state index is -0.0581. The number of likely N-dealkylation sites (tertiary alicyclic amines) is 1. The Morgan fingerprint density at radius 3 is 3.04 bits per heavy atom. The molecule has 4 heterocycles. The molecule has 1 N–H and O–H groups in total. The summed E-state index contributed by atoms with van der Waals surface area (Å²) in [6.07, 6.45) is 6.23. The zero-order chi connectivity index (χ0) is 17.4. The molecule has 8 heteroatoms. The van der Waals surface area contributed by atoms with Crippen LogP contribution < -0.4 is 0 Å². The van der Waals surface area contributed by atoms with Gasteiger partial charge in [0.2, 0.25) is 0 Å². The first-order chi connectivity index (χ1) is 12.2. The molecule has 0 unspecified atom stereocenters. The lowest BCUT2D eigenvalue weighted by Crippen LogP contribution is -2.39. The first kappa shape index (κ1) is 15.7. The zero-order valence-corrected chi connectivity index (χ0v) is 14.4. The Bertz CT molecular complexity index is 899. The molecule has 1 aliphatic rings. The van der Waals surface area contributed by atoms with Crippen LogP contribution in [0.5, 0.6) is 0 Å². The van der Waals surface area contributed by atoms with Crippen molar-refractivity contribution < 1.29 is 4.79 Å². The van der Waals surface area contributed by atoms with E-state index in [4.69, 9.17) is 0 Å². The Morgan fingerprint density at radius 2 is 2.28 bits per heavy atom. The molecule has 0 aliphatic carbocycles. The number of aryl methyl sites for hydroxylation is 2. The van der Waals surface area contributed by atoms with Crippen molar-refractivity contribution in [1.29, 1.82) is 0 Å². The molecule has 0 aromatic carbocycles. The van der Waals surface area contributed by atoms with Gasteiger partial charge in [-0.1, -0.05) is 0 Å². The first-order valence-corrected chi connectivity index (χ1v) is 8.68. The summed E-state index contributed by atoms with van der Waals surface area (Å²) in [7, 11) is 0. The SMILES string of the molecule is CCn1ncc2cc(C(=O)N3CCCC[C@@H]3c3ncn[nH]3)c(C)nc21. The molecule has 3 aromatic rings. The van der Waals surface area contributed by atoms with Gasteiger partial charge in [0.25, 0.3) is 5.91 Å². The predicted molar refractivity (Wildman–Crippen MR) is 92.0 cm³/mol. The van der Waals surface area contributed by atoms with Crippen molar-refractivity contribution in [3.05, 3.63) is 35.7 Å². The number of amides is 1. The highest BCUT2D eigenvalue weighted by atomic mass is 16.2. The third-order valence-corrected chi connectivity index (χ3v) is 4.85. The molecule has 1 fully saturated rings. The summed E-state index contributed by atoms with van der Waals surface area (Å²) in [5, 5.41) is 12.1. The summed E-state index contributed by atoms with van der Waals surface area (Å²) in [6.45, 7) is 5.38. The fourth-order valence-electron chi connectivity index (χ4n) is 3.53. The zero-order valence-electron chi connectivity index (χ0n) is 14.4. The van der Waals surface area contributed by atoms with Crippen LogP contribution in [0, 0.1) is 6.92 Å². The Hall–Kier alpha value is -2.77. The summed E-state index contributed by atoms with van der Waals surface area (Å²) in [4.78, 5) is 24.0. The number of carbonyl (C=O) groups excluding carboxylic acids is 1. The maximum absolute atomic E-state index is 13.2. The molecule has 8 nitrogen and oxygen atoms in total. The van der Waals surface area contributed by atoms with Gasteiger partial charge in [-0.2, -0.15) is 10.2 Å². The number of nitrogens with one attached hydrogen (secondary N) is 1. The minimum absolute atomic E-state index is 0.00255. The van der Waals surface area contributed by atoms with Crippen molar-refractivity contribution in [3.63, 3.8) is 0 Å². The Kier molecular flexibility index (Phi) is 3.95. The van der Waals surface area contributed by atoms with Crippen LogP contribution in [0.3, 0.4) is 0 Å². The van der Waals surface area contributed by atoms with Crippen LogP contribution >= 0.6 is 0 Å². The van der Waals surface area contributed by atoms with Crippen molar-refractivity contribution >= 4 is 16.9 Å². The number of carbonyl (C=O) groups is 1. The minimum Gasteiger partial charge on any atom is -0.328 e. The molecule has 3 aromatic heterocycles. The summed E-state index contributed by atoms with van der Waals surface area (Å²) in [5.41, 5.74) is 2.19. The number of aromatic nitrogens is 6. The van der Waals surface area contributed by atoms with E-state index in [1.54, 1.807) is 6.20 Å². The number of rotatable bonds is 3. The highest BCUT2D eigenvalue weighted by Gasteiger charge is 2.31. The van der Waals surface area contributed by atoms with E-state index in [0.29, 0.717) is 5.56 Å². The van der Waals surface area contributed by atoms with Gasteiger partial charge in [-0.25, -0.2) is 14.6 Å². The molecule has 0 bridgehead atoms. The lowest BCUT2D eigenvalue weighted by Gasteiger charge is -2.34. The van der Waals surface area contributed by atoms with Gasteiger partial charge >= 0.3 is 0 Å². The van der Waals surface area contributed by atoms with Gasteiger partial charge in [0.1, 0.15) is 12.2 Å². The highest BCUT2D eigenvalue weighted by molar-refractivity contribution is 5.98. The van der Waals surface area contributed by atoms with E-state index in [0.717, 1.165) is 54.9 Å². The van der Waals surface area contributed by atoms with Crippen LogP contribution in [0.4, 0.5) is 0 Å². The molecule has 0 saturated carbocycles. The largest absolute Gasteiger partial charge is 0.328 e. The monoisotopic (exact) mass is 339 g/mol. The second kappa shape index (κ2) is 6.27. The van der Waals surface area contributed by atoms with Crippen molar-refractivity contribution in [2.45, 2.75) is 45.7 Å². The quantitative estimate of drug-likeness (QED) is 0.790. The Morgan fingerprint density at radius 1 is 1.40 bits per heavy atom. The van der Waals surface area contributed by atoms with Crippen LogP contribution in [-0.4, -0.2) is 47.3 Å². The van der Waals surface area contributed by atoms with Crippen molar-refractivity contribution in [3.8, 4) is 0 Å². The molecular weight excluding hydrogens is 318 g/mol. The lowest BCUT2D eigenvalue weighted by atomic mass is 9.99. The van der Waals surface area contributed by atoms with Gasteiger partial charge in [-0.3, -0.25) is 9.89 Å². The molecule has 1 aliphatic heterocycles. The second-order valence-corrected chi connectivity index (χ2v) is 6.38. The number of hydrogen-bond acceptors (Lipinski definition) is 5. The maximum atomic E-state index is 13.2. The standard InChI is InChI=1S/C17H21N7O/c1-3-24-16-12(9-20-24)8-13(11(2)21-16)17(25)23-7-5-4-6-14(23)15-18-10-19-22-15/h8-10,14H,3-7H2,1-2H3,(H,18,19,22)/t14-/m1/s1. The van der Waals surface area contributed by atoms with Crippen LogP contribution in [0.2, 0.25) is 0 Å². The maximum Gasteiger partial charge on any atom is 0.256 e. The molecule has 1 amide bonds. The van der Waals surface area contributed by atoms with Crippen molar-refractivity contribution in [1.82, 2.24) is 34.8 Å². The van der Waals surface area contributed by atoms with E-state index in [-0.39, 0.29) is 11.9 Å². The average molecular weight is 339 g/mol. The highest BCUT2D eigenvalue weighted by Crippen LogP contribution is 2.30. The predicted octanol–water partition coefficient (Wildman–Crippen LogP) is 2.25. The molecule has 0 spiro atoms. The molecule has 1 atom stereocenters. The molecule has 25 heavy (non-hydrogen) atoms. The summed E-state index contributed by atoms with van der Waals surface area (Å²) >= 11 is 0. The van der Waals surface area contributed by atoms with Gasteiger partial charge in [0, 0.05) is 18.5 Å². The molecule has 130 valence electrons. The number of H-pyrrole nitrogens is 1. The number of hydrogen-bond donors (Lipinski definition) is 1. The number of nitrogens with zero attached hydrogens (tertiary/aromatic N) is 6. The molecular formula is C17H21N7O. The van der Waals surface area contributed by atoms with Crippen molar-refractivity contribution in [2.24, 2.45) is 0 Å². The van der Waals surface area contributed by atoms with Crippen LogP contribution in [0.15, 0.2) is 18.6 Å². The normalized spacial score (nSPS) is 18.0. The summed E-state index contributed by atoms with van der Waals surface area (Å²) < 4.78 is 1.84. The van der Waals surface area contributed by atoms with Crippen LogP contribution in [0.25, 0.3) is 11.0 Å². The third-order valence-electron chi connectivity index (χ3n) is 4.85. The van der Waals surface area contributed by atoms with E-state index in [9.17, 15) is 4.79 Å². The van der Waals surface area contributed by atoms with Crippen molar-refractivity contribution in [2.75, 3.05) is 6.54 Å². The van der Waals surface area contributed by atoms with E-state index in [1.165, 1.54) is 6.33 Å². The smallest absolute Gasteiger partial charge is 0.256 e. The van der Waals surface area contributed by atoms with E-state index in [1.807, 2.05) is 29.5 Å². The molecule has 1 saturated heterocycles. The number of pyridine rings is 1.